The number of amides is 2. The Morgan fingerprint density at radius 2 is 2.12 bits per heavy atom. The third kappa shape index (κ3) is 2.77. The Morgan fingerprint density at radius 1 is 1.47 bits per heavy atom. The molecule has 0 radical (unpaired) electrons. The third-order valence-electron chi connectivity index (χ3n) is 2.98. The van der Waals surface area contributed by atoms with E-state index in [-0.39, 0.29) is 18.1 Å². The number of aryl methyl sites for hydroxylation is 1. The molecule has 1 fully saturated rings. The van der Waals surface area contributed by atoms with E-state index in [1.807, 2.05) is 6.92 Å². The van der Waals surface area contributed by atoms with Crippen LogP contribution in [0.1, 0.15) is 24.1 Å². The first-order valence-corrected chi connectivity index (χ1v) is 5.94. The van der Waals surface area contributed by atoms with E-state index in [1.165, 1.54) is 5.56 Å². The molecule has 4 heteroatoms. The molecule has 1 aromatic rings. The first-order valence-electron chi connectivity index (χ1n) is 5.94. The number of nitrogens with zero attached hydrogens (tertiary/aromatic N) is 1. The molecular formula is C13H19N3O. The second-order valence-electron chi connectivity index (χ2n) is 4.80. The highest BCUT2D eigenvalue weighted by Gasteiger charge is 2.29. The maximum absolute atomic E-state index is 11.7. The standard InChI is InChI=1S/C13H19N3O/c1-9-3-5-11(6-4-9)12-8-16(7-10(2)14)13(17)15-12/h3-6,10,12H,7-8,14H2,1-2H3,(H,15,17). The first kappa shape index (κ1) is 11.9. The molecule has 3 N–H and O–H groups in total. The van der Waals surface area contributed by atoms with Crippen LogP contribution in [-0.4, -0.2) is 30.1 Å². The molecule has 4 nitrogen and oxygen atoms in total. The van der Waals surface area contributed by atoms with E-state index in [2.05, 4.69) is 36.5 Å². The van der Waals surface area contributed by atoms with Crippen molar-refractivity contribution in [3.8, 4) is 0 Å². The fraction of sp³-hybridized carbons (Fsp3) is 0.462. The first-order chi connectivity index (χ1) is 8.06. The van der Waals surface area contributed by atoms with Gasteiger partial charge in [-0.25, -0.2) is 4.79 Å². The lowest BCUT2D eigenvalue weighted by molar-refractivity contribution is 0.215. The van der Waals surface area contributed by atoms with Crippen LogP contribution in [0.5, 0.6) is 0 Å². The monoisotopic (exact) mass is 233 g/mol. The summed E-state index contributed by atoms with van der Waals surface area (Å²) in [6.07, 6.45) is 0. The van der Waals surface area contributed by atoms with Gasteiger partial charge in [0.1, 0.15) is 0 Å². The Labute approximate surface area is 102 Å². The molecule has 0 saturated carbocycles. The molecule has 1 aliphatic heterocycles. The second kappa shape index (κ2) is 4.75. The molecule has 2 unspecified atom stereocenters. The minimum Gasteiger partial charge on any atom is -0.329 e. The van der Waals surface area contributed by atoms with Gasteiger partial charge >= 0.3 is 6.03 Å². The Bertz CT molecular complexity index is 400. The Morgan fingerprint density at radius 3 is 2.71 bits per heavy atom. The average Bonchev–Trinajstić information content (AvgIpc) is 2.60. The zero-order valence-electron chi connectivity index (χ0n) is 10.3. The lowest BCUT2D eigenvalue weighted by Crippen LogP contribution is -2.37. The number of hydrogen-bond acceptors (Lipinski definition) is 2. The molecule has 0 aromatic heterocycles. The zero-order chi connectivity index (χ0) is 12.4. The molecule has 0 spiro atoms. The molecule has 1 aliphatic rings. The van der Waals surface area contributed by atoms with Crippen molar-refractivity contribution < 1.29 is 4.79 Å². The van der Waals surface area contributed by atoms with Gasteiger partial charge < -0.3 is 16.0 Å². The molecule has 1 saturated heterocycles. The molecule has 0 aliphatic carbocycles. The van der Waals surface area contributed by atoms with Crippen molar-refractivity contribution in [3.63, 3.8) is 0 Å². The molecule has 1 aromatic carbocycles. The van der Waals surface area contributed by atoms with E-state index in [0.717, 1.165) is 5.56 Å². The van der Waals surface area contributed by atoms with Crippen molar-refractivity contribution in [2.45, 2.75) is 25.9 Å². The lowest BCUT2D eigenvalue weighted by atomic mass is 10.1. The summed E-state index contributed by atoms with van der Waals surface area (Å²) in [5.41, 5.74) is 8.09. The van der Waals surface area contributed by atoms with Crippen LogP contribution in [0.2, 0.25) is 0 Å². The Hall–Kier alpha value is -1.55. The fourth-order valence-corrected chi connectivity index (χ4v) is 2.08. The number of urea groups is 1. The van der Waals surface area contributed by atoms with Crippen molar-refractivity contribution in [3.05, 3.63) is 35.4 Å². The van der Waals surface area contributed by atoms with E-state index in [4.69, 9.17) is 5.73 Å². The number of benzene rings is 1. The van der Waals surface area contributed by atoms with Crippen LogP contribution in [0, 0.1) is 6.92 Å². The summed E-state index contributed by atoms with van der Waals surface area (Å²) in [7, 11) is 0. The highest BCUT2D eigenvalue weighted by molar-refractivity contribution is 5.77. The largest absolute Gasteiger partial charge is 0.329 e. The van der Waals surface area contributed by atoms with Gasteiger partial charge in [-0.2, -0.15) is 0 Å². The predicted molar refractivity (Wildman–Crippen MR) is 67.7 cm³/mol. The maximum Gasteiger partial charge on any atom is 0.318 e. The van der Waals surface area contributed by atoms with Crippen LogP contribution in [-0.2, 0) is 0 Å². The number of rotatable bonds is 3. The number of carbonyl (C=O) groups excluding carboxylic acids is 1. The van der Waals surface area contributed by atoms with E-state index >= 15 is 0 Å². The van der Waals surface area contributed by atoms with Gasteiger partial charge in [0.2, 0.25) is 0 Å². The van der Waals surface area contributed by atoms with E-state index in [9.17, 15) is 4.79 Å². The third-order valence-corrected chi connectivity index (χ3v) is 2.98. The van der Waals surface area contributed by atoms with Gasteiger partial charge in [0.25, 0.3) is 0 Å². The summed E-state index contributed by atoms with van der Waals surface area (Å²) in [4.78, 5) is 13.5. The highest BCUT2D eigenvalue weighted by atomic mass is 16.2. The Balaban J connectivity index is 2.05. The molecular weight excluding hydrogens is 214 g/mol. The molecule has 2 atom stereocenters. The fourth-order valence-electron chi connectivity index (χ4n) is 2.08. The lowest BCUT2D eigenvalue weighted by Gasteiger charge is -2.16. The normalized spacial score (nSPS) is 21.5. The van der Waals surface area contributed by atoms with Gasteiger partial charge in [0, 0.05) is 19.1 Å². The SMILES string of the molecule is Cc1ccc(C2CN(CC(C)N)C(=O)N2)cc1. The molecule has 17 heavy (non-hydrogen) atoms. The van der Waals surface area contributed by atoms with E-state index in [0.29, 0.717) is 13.1 Å². The average molecular weight is 233 g/mol. The van der Waals surface area contributed by atoms with Crippen LogP contribution < -0.4 is 11.1 Å². The zero-order valence-corrected chi connectivity index (χ0v) is 10.3. The minimum atomic E-state index is -0.0205. The van der Waals surface area contributed by atoms with Crippen molar-refractivity contribution >= 4 is 6.03 Å². The van der Waals surface area contributed by atoms with Gasteiger partial charge in [0.05, 0.1) is 6.04 Å². The molecule has 0 bridgehead atoms. The van der Waals surface area contributed by atoms with Crippen molar-refractivity contribution in [1.29, 1.82) is 0 Å². The molecule has 2 rings (SSSR count). The topological polar surface area (TPSA) is 58.4 Å². The summed E-state index contributed by atoms with van der Waals surface area (Å²) in [6.45, 7) is 5.27. The van der Waals surface area contributed by atoms with Crippen LogP contribution in [0.3, 0.4) is 0 Å². The number of carbonyl (C=O) groups is 1. The van der Waals surface area contributed by atoms with Crippen molar-refractivity contribution in [2.24, 2.45) is 5.73 Å². The number of nitrogens with two attached hydrogens (primary N) is 1. The van der Waals surface area contributed by atoms with Crippen LogP contribution in [0.4, 0.5) is 4.79 Å². The van der Waals surface area contributed by atoms with Gasteiger partial charge in [0.15, 0.2) is 0 Å². The summed E-state index contributed by atoms with van der Waals surface area (Å²) in [6, 6.07) is 8.34. The number of hydrogen-bond donors (Lipinski definition) is 2. The molecule has 2 amide bonds. The van der Waals surface area contributed by atoms with Crippen LogP contribution >= 0.6 is 0 Å². The van der Waals surface area contributed by atoms with Gasteiger partial charge in [-0.15, -0.1) is 0 Å². The quantitative estimate of drug-likeness (QED) is 0.829. The molecule has 1 heterocycles. The summed E-state index contributed by atoms with van der Waals surface area (Å²) in [5, 5.41) is 2.98. The van der Waals surface area contributed by atoms with Gasteiger partial charge in [-0.05, 0) is 19.4 Å². The van der Waals surface area contributed by atoms with Crippen molar-refractivity contribution in [1.82, 2.24) is 10.2 Å². The minimum absolute atomic E-state index is 0.0116. The number of nitrogens with one attached hydrogen (secondary N) is 1. The molecule has 92 valence electrons. The van der Waals surface area contributed by atoms with E-state index < -0.39 is 0 Å². The summed E-state index contributed by atoms with van der Waals surface area (Å²) in [5.74, 6) is 0. The summed E-state index contributed by atoms with van der Waals surface area (Å²) < 4.78 is 0. The van der Waals surface area contributed by atoms with Crippen LogP contribution in [0.15, 0.2) is 24.3 Å². The Kier molecular flexibility index (Phi) is 3.33. The van der Waals surface area contributed by atoms with Crippen molar-refractivity contribution in [2.75, 3.05) is 13.1 Å². The van der Waals surface area contributed by atoms with Crippen LogP contribution in [0.25, 0.3) is 0 Å². The van der Waals surface area contributed by atoms with Gasteiger partial charge in [-0.1, -0.05) is 29.8 Å². The maximum atomic E-state index is 11.7. The predicted octanol–water partition coefficient (Wildman–Crippen LogP) is 1.41. The summed E-state index contributed by atoms with van der Waals surface area (Å²) >= 11 is 0. The van der Waals surface area contributed by atoms with Gasteiger partial charge in [-0.3, -0.25) is 0 Å². The highest BCUT2D eigenvalue weighted by Crippen LogP contribution is 2.20. The second-order valence-corrected chi connectivity index (χ2v) is 4.80. The smallest absolute Gasteiger partial charge is 0.318 e. The van der Waals surface area contributed by atoms with E-state index in [1.54, 1.807) is 4.90 Å².